The highest BCUT2D eigenvalue weighted by Crippen LogP contribution is 2.19. The van der Waals surface area contributed by atoms with Gasteiger partial charge in [0.2, 0.25) is 0 Å². The van der Waals surface area contributed by atoms with Crippen molar-refractivity contribution in [1.29, 1.82) is 5.26 Å². The lowest BCUT2D eigenvalue weighted by Gasteiger charge is -2.17. The smallest absolute Gasteiger partial charge is 0.258 e. The number of nitriles is 1. The average Bonchev–Trinajstić information content (AvgIpc) is 3.01. The number of nitrogens with one attached hydrogen (secondary N) is 1. The van der Waals surface area contributed by atoms with E-state index in [4.69, 9.17) is 5.26 Å². The molecule has 0 atom stereocenters. The van der Waals surface area contributed by atoms with Gasteiger partial charge in [0.05, 0.1) is 11.6 Å². The summed E-state index contributed by atoms with van der Waals surface area (Å²) >= 11 is 0. The number of carbonyl (C=O) groups excluding carboxylic acids is 1. The van der Waals surface area contributed by atoms with Crippen LogP contribution >= 0.6 is 0 Å². The first-order chi connectivity index (χ1) is 10.2. The van der Waals surface area contributed by atoms with Crippen LogP contribution in [0.5, 0.6) is 0 Å². The van der Waals surface area contributed by atoms with E-state index in [0.29, 0.717) is 11.1 Å². The van der Waals surface area contributed by atoms with Gasteiger partial charge in [-0.25, -0.2) is 0 Å². The van der Waals surface area contributed by atoms with Crippen LogP contribution in [0, 0.1) is 11.3 Å². The highest BCUT2D eigenvalue weighted by Gasteiger charge is 2.14. The molecule has 0 aliphatic rings. The largest absolute Gasteiger partial charge is 0.361 e. The number of carbonyl (C=O) groups is 1. The molecule has 0 fully saturated rings. The van der Waals surface area contributed by atoms with E-state index >= 15 is 0 Å². The van der Waals surface area contributed by atoms with Crippen molar-refractivity contribution in [2.75, 3.05) is 11.9 Å². The summed E-state index contributed by atoms with van der Waals surface area (Å²) in [5.74, 6) is -0.0807. The van der Waals surface area contributed by atoms with Gasteiger partial charge in [0.25, 0.3) is 5.91 Å². The SMILES string of the molecule is CN(C(=O)c1ccc2[nH]ccc2c1)c1ccc(C#N)cc1. The highest BCUT2D eigenvalue weighted by atomic mass is 16.2. The third kappa shape index (κ3) is 2.37. The van der Waals surface area contributed by atoms with E-state index in [2.05, 4.69) is 11.1 Å². The Labute approximate surface area is 122 Å². The van der Waals surface area contributed by atoms with E-state index in [9.17, 15) is 4.79 Å². The molecule has 0 unspecified atom stereocenters. The number of aromatic amines is 1. The van der Waals surface area contributed by atoms with Gasteiger partial charge >= 0.3 is 0 Å². The summed E-state index contributed by atoms with van der Waals surface area (Å²) in [5, 5.41) is 9.81. The van der Waals surface area contributed by atoms with Crippen LogP contribution in [0.4, 0.5) is 5.69 Å². The highest BCUT2D eigenvalue weighted by molar-refractivity contribution is 6.07. The normalized spacial score (nSPS) is 10.3. The molecule has 1 aromatic heterocycles. The third-order valence-corrected chi connectivity index (χ3v) is 3.49. The van der Waals surface area contributed by atoms with Crippen LogP contribution in [-0.2, 0) is 0 Å². The Morgan fingerprint density at radius 2 is 1.90 bits per heavy atom. The molecule has 102 valence electrons. The Morgan fingerprint density at radius 1 is 1.14 bits per heavy atom. The molecular weight excluding hydrogens is 262 g/mol. The van der Waals surface area contributed by atoms with Crippen LogP contribution < -0.4 is 4.90 Å². The summed E-state index contributed by atoms with van der Waals surface area (Å²) in [5.41, 5.74) is 2.98. The molecule has 1 amide bonds. The van der Waals surface area contributed by atoms with Gasteiger partial charge in [0.1, 0.15) is 0 Å². The molecule has 0 bridgehead atoms. The van der Waals surface area contributed by atoms with Crippen LogP contribution in [0.15, 0.2) is 54.7 Å². The van der Waals surface area contributed by atoms with Gasteiger partial charge in [0.15, 0.2) is 0 Å². The monoisotopic (exact) mass is 275 g/mol. The summed E-state index contributed by atoms with van der Waals surface area (Å²) in [6.45, 7) is 0. The quantitative estimate of drug-likeness (QED) is 0.780. The molecule has 0 radical (unpaired) electrons. The van der Waals surface area contributed by atoms with Crippen molar-refractivity contribution in [2.24, 2.45) is 0 Å². The molecule has 4 heteroatoms. The van der Waals surface area contributed by atoms with Crippen molar-refractivity contribution in [3.63, 3.8) is 0 Å². The van der Waals surface area contributed by atoms with E-state index in [1.807, 2.05) is 24.4 Å². The molecule has 1 heterocycles. The Balaban J connectivity index is 1.90. The van der Waals surface area contributed by atoms with E-state index in [1.54, 1.807) is 42.3 Å². The zero-order chi connectivity index (χ0) is 14.8. The maximum absolute atomic E-state index is 12.5. The lowest BCUT2D eigenvalue weighted by atomic mass is 10.1. The minimum absolute atomic E-state index is 0.0807. The molecule has 0 saturated heterocycles. The number of rotatable bonds is 2. The van der Waals surface area contributed by atoms with Crippen LogP contribution in [-0.4, -0.2) is 17.9 Å². The molecular formula is C17H13N3O. The molecule has 1 N–H and O–H groups in total. The molecule has 2 aromatic carbocycles. The molecule has 3 rings (SSSR count). The van der Waals surface area contributed by atoms with E-state index in [0.717, 1.165) is 16.6 Å². The second-order valence-corrected chi connectivity index (χ2v) is 4.80. The van der Waals surface area contributed by atoms with Crippen molar-refractivity contribution in [3.8, 4) is 6.07 Å². The molecule has 21 heavy (non-hydrogen) atoms. The number of amides is 1. The predicted molar refractivity (Wildman–Crippen MR) is 82.2 cm³/mol. The maximum atomic E-state index is 12.5. The minimum atomic E-state index is -0.0807. The Morgan fingerprint density at radius 3 is 2.62 bits per heavy atom. The summed E-state index contributed by atoms with van der Waals surface area (Å²) in [7, 11) is 1.73. The summed E-state index contributed by atoms with van der Waals surface area (Å²) in [6.07, 6.45) is 1.85. The van der Waals surface area contributed by atoms with E-state index in [1.165, 1.54) is 0 Å². The number of fused-ring (bicyclic) bond motifs is 1. The molecule has 0 aliphatic heterocycles. The predicted octanol–water partition coefficient (Wildman–Crippen LogP) is 3.32. The van der Waals surface area contributed by atoms with Crippen LogP contribution in [0.3, 0.4) is 0 Å². The standard InChI is InChI=1S/C17H13N3O/c1-20(15-5-2-12(11-18)3-6-15)17(21)14-4-7-16-13(10-14)8-9-19-16/h2-10,19H,1H3. The summed E-state index contributed by atoms with van der Waals surface area (Å²) in [4.78, 5) is 17.2. The van der Waals surface area contributed by atoms with E-state index < -0.39 is 0 Å². The zero-order valence-corrected chi connectivity index (χ0v) is 11.5. The first-order valence-corrected chi connectivity index (χ1v) is 6.54. The van der Waals surface area contributed by atoms with Crippen molar-refractivity contribution < 1.29 is 4.79 Å². The lowest BCUT2D eigenvalue weighted by Crippen LogP contribution is -2.26. The number of anilines is 1. The van der Waals surface area contributed by atoms with Gasteiger partial charge in [-0.05, 0) is 48.5 Å². The van der Waals surface area contributed by atoms with Gasteiger partial charge < -0.3 is 9.88 Å². The molecule has 0 saturated carbocycles. The number of aromatic nitrogens is 1. The number of nitrogens with zero attached hydrogens (tertiary/aromatic N) is 2. The molecule has 3 aromatic rings. The summed E-state index contributed by atoms with van der Waals surface area (Å²) in [6, 6.07) is 16.5. The Kier molecular flexibility index (Phi) is 3.17. The second-order valence-electron chi connectivity index (χ2n) is 4.80. The first kappa shape index (κ1) is 12.9. The average molecular weight is 275 g/mol. The van der Waals surface area contributed by atoms with Crippen LogP contribution in [0.2, 0.25) is 0 Å². The maximum Gasteiger partial charge on any atom is 0.258 e. The van der Waals surface area contributed by atoms with Crippen molar-refractivity contribution in [3.05, 3.63) is 65.9 Å². The topological polar surface area (TPSA) is 59.9 Å². The fourth-order valence-corrected chi connectivity index (χ4v) is 2.26. The minimum Gasteiger partial charge on any atom is -0.361 e. The first-order valence-electron chi connectivity index (χ1n) is 6.54. The fourth-order valence-electron chi connectivity index (χ4n) is 2.26. The lowest BCUT2D eigenvalue weighted by molar-refractivity contribution is 0.0993. The van der Waals surface area contributed by atoms with Gasteiger partial charge in [-0.15, -0.1) is 0 Å². The fraction of sp³-hybridized carbons (Fsp3) is 0.0588. The summed E-state index contributed by atoms with van der Waals surface area (Å²) < 4.78 is 0. The van der Waals surface area contributed by atoms with Gasteiger partial charge in [-0.2, -0.15) is 5.26 Å². The third-order valence-electron chi connectivity index (χ3n) is 3.49. The number of hydrogen-bond donors (Lipinski definition) is 1. The number of benzene rings is 2. The second kappa shape index (κ2) is 5.14. The zero-order valence-electron chi connectivity index (χ0n) is 11.5. The van der Waals surface area contributed by atoms with Crippen molar-refractivity contribution >= 4 is 22.5 Å². The molecule has 4 nitrogen and oxygen atoms in total. The molecule has 0 aliphatic carbocycles. The van der Waals surface area contributed by atoms with Crippen molar-refractivity contribution in [1.82, 2.24) is 4.98 Å². The van der Waals surface area contributed by atoms with Gasteiger partial charge in [0, 0.05) is 35.4 Å². The van der Waals surface area contributed by atoms with Gasteiger partial charge in [-0.1, -0.05) is 0 Å². The Hall–Kier alpha value is -3.06. The van der Waals surface area contributed by atoms with Crippen LogP contribution in [0.25, 0.3) is 10.9 Å². The number of hydrogen-bond acceptors (Lipinski definition) is 2. The van der Waals surface area contributed by atoms with Crippen LogP contribution in [0.1, 0.15) is 15.9 Å². The van der Waals surface area contributed by atoms with E-state index in [-0.39, 0.29) is 5.91 Å². The number of H-pyrrole nitrogens is 1. The Bertz CT molecular complexity index is 840. The van der Waals surface area contributed by atoms with Crippen molar-refractivity contribution in [2.45, 2.75) is 0 Å². The van der Waals surface area contributed by atoms with Gasteiger partial charge in [-0.3, -0.25) is 4.79 Å². The molecule has 0 spiro atoms.